The van der Waals surface area contributed by atoms with Crippen molar-refractivity contribution in [2.24, 2.45) is 0 Å². The Morgan fingerprint density at radius 2 is 1.78 bits per heavy atom. The number of rotatable bonds is 4. The first-order valence-electron chi connectivity index (χ1n) is 5.59. The largest absolute Gasteiger partial charge is 0.387 e. The van der Waals surface area contributed by atoms with E-state index < -0.39 is 6.10 Å². The third kappa shape index (κ3) is 3.39. The van der Waals surface area contributed by atoms with E-state index in [1.54, 1.807) is 18.2 Å². The van der Waals surface area contributed by atoms with Gasteiger partial charge in [-0.25, -0.2) is 0 Å². The maximum absolute atomic E-state index is 10.0. The third-order valence-electron chi connectivity index (χ3n) is 2.60. The Morgan fingerprint density at radius 1 is 1.06 bits per heavy atom. The minimum Gasteiger partial charge on any atom is -0.387 e. The van der Waals surface area contributed by atoms with E-state index in [1.807, 2.05) is 30.3 Å². The van der Waals surface area contributed by atoms with Crippen LogP contribution in [0.25, 0.3) is 0 Å². The smallest absolute Gasteiger partial charge is 0.0962 e. The Balaban J connectivity index is 2.01. The van der Waals surface area contributed by atoms with Crippen molar-refractivity contribution in [2.45, 2.75) is 6.10 Å². The summed E-state index contributed by atoms with van der Waals surface area (Å²) in [5.74, 6) is 0. The maximum Gasteiger partial charge on any atom is 0.0962 e. The number of aliphatic hydroxyl groups is 1. The van der Waals surface area contributed by atoms with Gasteiger partial charge in [0.2, 0.25) is 0 Å². The van der Waals surface area contributed by atoms with Crippen molar-refractivity contribution in [1.29, 1.82) is 0 Å². The van der Waals surface area contributed by atoms with Crippen molar-refractivity contribution in [1.82, 2.24) is 0 Å². The zero-order chi connectivity index (χ0) is 13.0. The van der Waals surface area contributed by atoms with Crippen LogP contribution in [0.15, 0.2) is 48.5 Å². The molecule has 18 heavy (non-hydrogen) atoms. The summed E-state index contributed by atoms with van der Waals surface area (Å²) >= 11 is 11.9. The highest BCUT2D eigenvalue weighted by Crippen LogP contribution is 2.26. The lowest BCUT2D eigenvalue weighted by atomic mass is 10.1. The van der Waals surface area contributed by atoms with Gasteiger partial charge in [0, 0.05) is 11.6 Å². The highest BCUT2D eigenvalue weighted by atomic mass is 35.5. The van der Waals surface area contributed by atoms with Crippen molar-refractivity contribution < 1.29 is 5.11 Å². The molecule has 2 aromatic rings. The monoisotopic (exact) mass is 281 g/mol. The minimum absolute atomic E-state index is 0.379. The van der Waals surface area contributed by atoms with Crippen LogP contribution in [0, 0.1) is 0 Å². The van der Waals surface area contributed by atoms with Crippen LogP contribution in [-0.4, -0.2) is 11.7 Å². The van der Waals surface area contributed by atoms with Gasteiger partial charge in [-0.15, -0.1) is 0 Å². The fourth-order valence-electron chi connectivity index (χ4n) is 1.63. The highest BCUT2D eigenvalue weighted by molar-refractivity contribution is 6.35. The Kier molecular flexibility index (Phi) is 4.48. The molecule has 2 N–H and O–H groups in total. The average Bonchev–Trinajstić information content (AvgIpc) is 2.40. The molecule has 0 heterocycles. The summed E-state index contributed by atoms with van der Waals surface area (Å²) in [6, 6.07) is 14.6. The second kappa shape index (κ2) is 6.10. The first kappa shape index (κ1) is 13.2. The van der Waals surface area contributed by atoms with Gasteiger partial charge in [0.1, 0.15) is 0 Å². The Labute approximate surface area is 116 Å². The zero-order valence-corrected chi connectivity index (χ0v) is 11.1. The molecule has 4 heteroatoms. The maximum atomic E-state index is 10.0. The van der Waals surface area contributed by atoms with Gasteiger partial charge in [-0.3, -0.25) is 0 Å². The molecule has 0 aliphatic rings. The molecule has 1 atom stereocenters. The van der Waals surface area contributed by atoms with Crippen LogP contribution in [0.3, 0.4) is 0 Å². The Bertz CT molecular complexity index is 516. The Morgan fingerprint density at radius 3 is 2.50 bits per heavy atom. The summed E-state index contributed by atoms with van der Waals surface area (Å²) in [4.78, 5) is 0. The van der Waals surface area contributed by atoms with Crippen molar-refractivity contribution in [3.05, 3.63) is 64.1 Å². The van der Waals surface area contributed by atoms with Crippen LogP contribution in [0.2, 0.25) is 10.0 Å². The fraction of sp³-hybridized carbons (Fsp3) is 0.143. The molecule has 0 fully saturated rings. The van der Waals surface area contributed by atoms with Gasteiger partial charge >= 0.3 is 0 Å². The van der Waals surface area contributed by atoms with Crippen LogP contribution >= 0.6 is 23.2 Å². The highest BCUT2D eigenvalue weighted by Gasteiger charge is 2.08. The fourth-order valence-corrected chi connectivity index (χ4v) is 1.99. The molecule has 0 bridgehead atoms. The number of nitrogens with one attached hydrogen (secondary N) is 1. The van der Waals surface area contributed by atoms with Crippen LogP contribution in [0.5, 0.6) is 0 Å². The van der Waals surface area contributed by atoms with Crippen LogP contribution in [0.1, 0.15) is 11.7 Å². The van der Waals surface area contributed by atoms with Crippen molar-refractivity contribution in [3.8, 4) is 0 Å². The summed E-state index contributed by atoms with van der Waals surface area (Å²) in [5, 5.41) is 14.3. The molecule has 0 amide bonds. The summed E-state index contributed by atoms with van der Waals surface area (Å²) in [5.41, 5.74) is 1.59. The molecule has 0 saturated carbocycles. The van der Waals surface area contributed by atoms with Gasteiger partial charge in [-0.05, 0) is 23.8 Å². The van der Waals surface area contributed by atoms with E-state index in [0.29, 0.717) is 16.6 Å². The van der Waals surface area contributed by atoms with Gasteiger partial charge in [-0.1, -0.05) is 53.5 Å². The standard InChI is InChI=1S/C14H13Cl2NO/c15-11-6-7-12(16)13(8-11)17-9-14(18)10-4-2-1-3-5-10/h1-8,14,17-18H,9H2. The number of hydrogen-bond acceptors (Lipinski definition) is 2. The lowest BCUT2D eigenvalue weighted by molar-refractivity contribution is 0.191. The van der Waals surface area contributed by atoms with E-state index in [-0.39, 0.29) is 0 Å². The van der Waals surface area contributed by atoms with Crippen LogP contribution < -0.4 is 5.32 Å². The summed E-state index contributed by atoms with van der Waals surface area (Å²) < 4.78 is 0. The number of anilines is 1. The second-order valence-corrected chi connectivity index (χ2v) is 4.78. The number of benzene rings is 2. The molecule has 1 unspecified atom stereocenters. The van der Waals surface area contributed by atoms with Crippen molar-refractivity contribution in [2.75, 3.05) is 11.9 Å². The van der Waals surface area contributed by atoms with Crippen molar-refractivity contribution in [3.63, 3.8) is 0 Å². The molecular weight excluding hydrogens is 269 g/mol. The molecule has 2 rings (SSSR count). The number of hydrogen-bond donors (Lipinski definition) is 2. The van der Waals surface area contributed by atoms with Gasteiger partial charge in [0.25, 0.3) is 0 Å². The normalized spacial score (nSPS) is 12.2. The molecule has 0 aromatic heterocycles. The summed E-state index contributed by atoms with van der Waals surface area (Å²) in [6.07, 6.45) is -0.582. The molecular formula is C14H13Cl2NO. The predicted octanol–water partition coefficient (Wildman–Crippen LogP) is 4.14. The van der Waals surface area contributed by atoms with Crippen LogP contribution in [-0.2, 0) is 0 Å². The van der Waals surface area contributed by atoms with E-state index in [4.69, 9.17) is 23.2 Å². The average molecular weight is 282 g/mol. The van der Waals surface area contributed by atoms with Crippen LogP contribution in [0.4, 0.5) is 5.69 Å². The van der Waals surface area contributed by atoms with Gasteiger partial charge in [0.05, 0.1) is 16.8 Å². The molecule has 2 nitrogen and oxygen atoms in total. The summed E-state index contributed by atoms with van der Waals surface area (Å²) in [7, 11) is 0. The van der Waals surface area contributed by atoms with E-state index in [0.717, 1.165) is 11.3 Å². The molecule has 0 aliphatic heterocycles. The van der Waals surface area contributed by atoms with Crippen molar-refractivity contribution >= 4 is 28.9 Å². The lowest BCUT2D eigenvalue weighted by Gasteiger charge is -2.14. The number of aliphatic hydroxyl groups excluding tert-OH is 1. The molecule has 0 aliphatic carbocycles. The molecule has 0 saturated heterocycles. The quantitative estimate of drug-likeness (QED) is 0.883. The second-order valence-electron chi connectivity index (χ2n) is 3.93. The van der Waals surface area contributed by atoms with E-state index in [2.05, 4.69) is 5.32 Å². The Hall–Kier alpha value is -1.22. The first-order valence-corrected chi connectivity index (χ1v) is 6.34. The van der Waals surface area contributed by atoms with Gasteiger partial charge < -0.3 is 10.4 Å². The van der Waals surface area contributed by atoms with E-state index in [1.165, 1.54) is 0 Å². The first-order chi connectivity index (χ1) is 8.66. The van der Waals surface area contributed by atoms with E-state index in [9.17, 15) is 5.11 Å². The number of halogens is 2. The zero-order valence-electron chi connectivity index (χ0n) is 9.61. The predicted molar refractivity (Wildman–Crippen MR) is 76.4 cm³/mol. The molecule has 2 aromatic carbocycles. The van der Waals surface area contributed by atoms with E-state index >= 15 is 0 Å². The topological polar surface area (TPSA) is 32.3 Å². The lowest BCUT2D eigenvalue weighted by Crippen LogP contribution is -2.12. The third-order valence-corrected chi connectivity index (χ3v) is 3.16. The van der Waals surface area contributed by atoms with Gasteiger partial charge in [0.15, 0.2) is 0 Å². The SMILES string of the molecule is OC(CNc1cc(Cl)ccc1Cl)c1ccccc1. The molecule has 94 valence electrons. The van der Waals surface area contributed by atoms with Gasteiger partial charge in [-0.2, -0.15) is 0 Å². The summed E-state index contributed by atoms with van der Waals surface area (Å²) in [6.45, 7) is 0.379. The molecule has 0 spiro atoms. The molecule has 0 radical (unpaired) electrons. The minimum atomic E-state index is -0.582.